The van der Waals surface area contributed by atoms with Crippen LogP contribution in [0.15, 0.2) is 77.9 Å². The SMILES string of the molecule is CC(=O)N1CCC2(CC1)C/C(=N\NC(=S)Nc1ccc(Oc3ccccc3)cc1)c1cc(O)ccc1O2. The topological polar surface area (TPSA) is 95.4 Å². The molecule has 2 aliphatic heterocycles. The molecule has 0 radical (unpaired) electrons. The Morgan fingerprint density at radius 1 is 1.05 bits per heavy atom. The van der Waals surface area contributed by atoms with Crippen LogP contribution in [0.4, 0.5) is 5.69 Å². The number of phenolic OH excluding ortho intramolecular Hbond substituents is 1. The van der Waals surface area contributed by atoms with Gasteiger partial charge in [0.15, 0.2) is 5.11 Å². The molecule has 5 rings (SSSR count). The van der Waals surface area contributed by atoms with Gasteiger partial charge in [0.05, 0.1) is 5.71 Å². The van der Waals surface area contributed by atoms with Gasteiger partial charge in [0.25, 0.3) is 0 Å². The second-order valence-electron chi connectivity index (χ2n) is 9.21. The smallest absolute Gasteiger partial charge is 0.219 e. The fraction of sp³-hybridized carbons (Fsp3) is 0.250. The van der Waals surface area contributed by atoms with Crippen molar-refractivity contribution in [3.63, 3.8) is 0 Å². The highest BCUT2D eigenvalue weighted by Crippen LogP contribution is 2.40. The van der Waals surface area contributed by atoms with E-state index in [1.807, 2.05) is 59.5 Å². The number of amides is 1. The Balaban J connectivity index is 1.26. The van der Waals surface area contributed by atoms with E-state index in [9.17, 15) is 9.90 Å². The second-order valence-corrected chi connectivity index (χ2v) is 9.62. The molecule has 0 aliphatic carbocycles. The fourth-order valence-corrected chi connectivity index (χ4v) is 4.78. The summed E-state index contributed by atoms with van der Waals surface area (Å²) in [5, 5.41) is 18.1. The molecular weight excluding hydrogens is 488 g/mol. The summed E-state index contributed by atoms with van der Waals surface area (Å²) < 4.78 is 12.2. The van der Waals surface area contributed by atoms with E-state index in [-0.39, 0.29) is 11.7 Å². The van der Waals surface area contributed by atoms with Crippen LogP contribution in [0.1, 0.15) is 31.7 Å². The zero-order valence-electron chi connectivity index (χ0n) is 20.4. The maximum Gasteiger partial charge on any atom is 0.219 e. The molecule has 8 nitrogen and oxygen atoms in total. The largest absolute Gasteiger partial charge is 0.508 e. The number of rotatable bonds is 4. The fourth-order valence-electron chi connectivity index (χ4n) is 4.62. The number of likely N-dealkylation sites (tertiary alicyclic amines) is 1. The van der Waals surface area contributed by atoms with Crippen molar-refractivity contribution in [3.05, 3.63) is 78.4 Å². The molecule has 0 bridgehead atoms. The van der Waals surface area contributed by atoms with Crippen molar-refractivity contribution < 1.29 is 19.4 Å². The first kappa shape index (κ1) is 24.6. The number of carbonyl (C=O) groups is 1. The number of anilines is 1. The number of hydrogen-bond acceptors (Lipinski definition) is 6. The normalized spacial score (nSPS) is 17.0. The van der Waals surface area contributed by atoms with Gasteiger partial charge < -0.3 is 24.8 Å². The highest BCUT2D eigenvalue weighted by molar-refractivity contribution is 7.80. The first-order valence-corrected chi connectivity index (χ1v) is 12.5. The van der Waals surface area contributed by atoms with Crippen molar-refractivity contribution in [1.29, 1.82) is 0 Å². The molecule has 3 aromatic carbocycles. The van der Waals surface area contributed by atoms with Gasteiger partial charge in [-0.05, 0) is 66.8 Å². The lowest BCUT2D eigenvalue weighted by atomic mass is 9.82. The molecule has 2 heterocycles. The van der Waals surface area contributed by atoms with Crippen molar-refractivity contribution in [2.75, 3.05) is 18.4 Å². The van der Waals surface area contributed by atoms with Gasteiger partial charge in [-0.25, -0.2) is 0 Å². The number of carbonyl (C=O) groups excluding carboxylic acids is 1. The summed E-state index contributed by atoms with van der Waals surface area (Å²) in [6.07, 6.45) is 1.94. The average molecular weight is 517 g/mol. The van der Waals surface area contributed by atoms with E-state index in [4.69, 9.17) is 21.7 Å². The van der Waals surface area contributed by atoms with Crippen LogP contribution >= 0.6 is 12.2 Å². The molecule has 0 aromatic heterocycles. The van der Waals surface area contributed by atoms with Crippen molar-refractivity contribution >= 4 is 34.6 Å². The molecule has 1 spiro atoms. The Morgan fingerprint density at radius 2 is 1.76 bits per heavy atom. The van der Waals surface area contributed by atoms with Crippen LogP contribution in [0.5, 0.6) is 23.0 Å². The van der Waals surface area contributed by atoms with E-state index < -0.39 is 5.60 Å². The van der Waals surface area contributed by atoms with Gasteiger partial charge in [0.2, 0.25) is 5.91 Å². The van der Waals surface area contributed by atoms with E-state index >= 15 is 0 Å². The third-order valence-electron chi connectivity index (χ3n) is 6.59. The molecule has 9 heteroatoms. The van der Waals surface area contributed by atoms with Gasteiger partial charge in [0.1, 0.15) is 28.6 Å². The van der Waals surface area contributed by atoms with Crippen molar-refractivity contribution in [2.45, 2.75) is 31.8 Å². The number of thiocarbonyl (C=S) groups is 1. The number of para-hydroxylation sites is 1. The summed E-state index contributed by atoms with van der Waals surface area (Å²) >= 11 is 5.47. The number of fused-ring (bicyclic) bond motifs is 1. The first-order valence-electron chi connectivity index (χ1n) is 12.1. The van der Waals surface area contributed by atoms with Crippen LogP contribution in [-0.2, 0) is 4.79 Å². The van der Waals surface area contributed by atoms with E-state index in [0.717, 1.165) is 28.5 Å². The van der Waals surface area contributed by atoms with E-state index in [2.05, 4.69) is 15.8 Å². The molecule has 1 amide bonds. The minimum atomic E-state index is -0.458. The lowest BCUT2D eigenvalue weighted by Crippen LogP contribution is -2.52. The summed E-state index contributed by atoms with van der Waals surface area (Å²) in [7, 11) is 0. The number of phenols is 1. The van der Waals surface area contributed by atoms with Crippen molar-refractivity contribution in [2.24, 2.45) is 5.10 Å². The maximum absolute atomic E-state index is 11.8. The van der Waals surface area contributed by atoms with Crippen LogP contribution in [0.25, 0.3) is 0 Å². The van der Waals surface area contributed by atoms with E-state index in [1.54, 1.807) is 25.1 Å². The predicted octanol–water partition coefficient (Wildman–Crippen LogP) is 5.04. The Kier molecular flexibility index (Phi) is 6.96. The minimum Gasteiger partial charge on any atom is -0.508 e. The summed E-state index contributed by atoms with van der Waals surface area (Å²) in [6.45, 7) is 2.85. The van der Waals surface area contributed by atoms with Gasteiger partial charge in [-0.2, -0.15) is 5.10 Å². The molecule has 0 unspecified atom stereocenters. The molecule has 1 fully saturated rings. The molecule has 1 saturated heterocycles. The minimum absolute atomic E-state index is 0.0719. The van der Waals surface area contributed by atoms with Crippen LogP contribution in [0.2, 0.25) is 0 Å². The summed E-state index contributed by atoms with van der Waals surface area (Å²) in [5.74, 6) is 2.35. The summed E-state index contributed by atoms with van der Waals surface area (Å²) in [5.41, 5.74) is 4.73. The van der Waals surface area contributed by atoms with E-state index in [1.165, 1.54) is 0 Å². The Hall–Kier alpha value is -4.11. The molecule has 37 heavy (non-hydrogen) atoms. The molecule has 0 atom stereocenters. The van der Waals surface area contributed by atoms with Crippen LogP contribution < -0.4 is 20.2 Å². The third kappa shape index (κ3) is 5.83. The monoisotopic (exact) mass is 516 g/mol. The summed E-state index contributed by atoms with van der Waals surface area (Å²) in [4.78, 5) is 13.6. The molecule has 3 aromatic rings. The third-order valence-corrected chi connectivity index (χ3v) is 6.79. The molecule has 2 aliphatic rings. The quantitative estimate of drug-likeness (QED) is 0.330. The van der Waals surface area contributed by atoms with Crippen LogP contribution in [-0.4, -0.2) is 45.4 Å². The van der Waals surface area contributed by atoms with Crippen molar-refractivity contribution in [1.82, 2.24) is 10.3 Å². The standard InChI is InChI=1S/C28H28N4O4S/c1-19(33)32-15-13-28(14-16-32)18-25(24-17-21(34)9-12-26(24)36-28)30-31-27(37)29-20-7-10-23(11-8-20)35-22-5-3-2-4-6-22/h2-12,17,34H,13-16,18H2,1H3,(H2,29,31,37)/b30-25+. The Morgan fingerprint density at radius 3 is 2.46 bits per heavy atom. The molecule has 190 valence electrons. The first-order chi connectivity index (χ1) is 17.9. The zero-order valence-corrected chi connectivity index (χ0v) is 21.3. The molecule has 0 saturated carbocycles. The van der Waals surface area contributed by atoms with Gasteiger partial charge in [-0.1, -0.05) is 18.2 Å². The van der Waals surface area contributed by atoms with Gasteiger partial charge in [-0.3, -0.25) is 10.2 Å². The second kappa shape index (κ2) is 10.5. The number of piperidine rings is 1. The van der Waals surface area contributed by atoms with Gasteiger partial charge in [-0.15, -0.1) is 0 Å². The number of hydrazone groups is 1. The predicted molar refractivity (Wildman–Crippen MR) is 146 cm³/mol. The van der Waals surface area contributed by atoms with Gasteiger partial charge in [0, 0.05) is 50.5 Å². The maximum atomic E-state index is 11.8. The number of nitrogens with zero attached hydrogens (tertiary/aromatic N) is 2. The molecular formula is C28H28N4O4S. The lowest BCUT2D eigenvalue weighted by Gasteiger charge is -2.44. The zero-order chi connectivity index (χ0) is 25.8. The summed E-state index contributed by atoms with van der Waals surface area (Å²) in [6, 6.07) is 22.1. The van der Waals surface area contributed by atoms with Crippen LogP contribution in [0, 0.1) is 0 Å². The number of ether oxygens (including phenoxy) is 2. The number of aromatic hydroxyl groups is 1. The Labute approximate surface area is 220 Å². The Bertz CT molecular complexity index is 1320. The number of nitrogens with one attached hydrogen (secondary N) is 2. The number of hydrogen-bond donors (Lipinski definition) is 3. The van der Waals surface area contributed by atoms with E-state index in [0.29, 0.717) is 43.2 Å². The highest BCUT2D eigenvalue weighted by Gasteiger charge is 2.42. The highest BCUT2D eigenvalue weighted by atomic mass is 32.1. The number of benzene rings is 3. The lowest BCUT2D eigenvalue weighted by molar-refractivity contribution is -0.132. The molecule has 3 N–H and O–H groups in total. The average Bonchev–Trinajstić information content (AvgIpc) is 2.90. The van der Waals surface area contributed by atoms with Gasteiger partial charge >= 0.3 is 0 Å². The van der Waals surface area contributed by atoms with Crippen LogP contribution in [0.3, 0.4) is 0 Å². The van der Waals surface area contributed by atoms with Crippen molar-refractivity contribution in [3.8, 4) is 23.0 Å².